The second-order valence-corrected chi connectivity index (χ2v) is 5.60. The first-order chi connectivity index (χ1) is 13.9. The van der Waals surface area contributed by atoms with E-state index in [-0.39, 0.29) is 17.0 Å². The number of aromatic nitrogens is 2. The Kier molecular flexibility index (Phi) is 4.96. The number of amides is 4. The average Bonchev–Trinajstić information content (AvgIpc) is 3.01. The Morgan fingerprint density at radius 2 is 1.45 bits per heavy atom. The smallest absolute Gasteiger partial charge is 0.328 e. The summed E-state index contributed by atoms with van der Waals surface area (Å²) in [6.07, 6.45) is 0. The second kappa shape index (κ2) is 7.38. The molecule has 0 unspecified atom stereocenters. The summed E-state index contributed by atoms with van der Waals surface area (Å²) in [5, 5.41) is 13.9. The molecule has 4 rings (SSSR count). The fraction of sp³-hybridized carbons (Fsp3) is 0.111. The summed E-state index contributed by atoms with van der Waals surface area (Å²) in [7, 11) is 0. The predicted octanol–water partition coefficient (Wildman–Crippen LogP) is -0.277. The molecule has 1 aromatic heterocycles. The van der Waals surface area contributed by atoms with Crippen molar-refractivity contribution in [2.24, 2.45) is 4.99 Å². The SMILES string of the molecule is CC.O=C1NC(=O)C(=C2N=C(c3c(O)[nH]c(=O)[nH]c3=O)c3ccccc32)C(=O)N1. The number of nitrogens with zero attached hydrogens (tertiary/aromatic N) is 1. The van der Waals surface area contributed by atoms with Crippen molar-refractivity contribution in [2.75, 3.05) is 0 Å². The Morgan fingerprint density at radius 1 is 0.862 bits per heavy atom. The van der Waals surface area contributed by atoms with Gasteiger partial charge in [-0.2, -0.15) is 0 Å². The first-order valence-electron chi connectivity index (χ1n) is 8.52. The number of barbiturate groups is 1. The fourth-order valence-electron chi connectivity index (χ4n) is 2.88. The zero-order chi connectivity index (χ0) is 21.3. The molecule has 0 radical (unpaired) electrons. The molecule has 2 aliphatic rings. The highest BCUT2D eigenvalue weighted by Crippen LogP contribution is 2.34. The standard InChI is InChI=1S/C16H9N5O6.C2H6/c22-11-7(12(23)19-15(26)18-11)9-5-3-1-2-4-6(5)10(17-9)8-13(24)20-16(27)21-14(8)25;1-2/h1-4H,(H2,18,19,22,23,26)(H3,20,21,24,25,27);1-2H3. The number of carbonyl (C=O) groups is 3. The van der Waals surface area contributed by atoms with E-state index in [1.54, 1.807) is 24.3 Å². The molecule has 5 N–H and O–H groups in total. The molecule has 148 valence electrons. The topological polar surface area (TPSA) is 174 Å². The molecule has 2 aromatic rings. The largest absolute Gasteiger partial charge is 0.494 e. The van der Waals surface area contributed by atoms with Crippen LogP contribution < -0.4 is 21.9 Å². The summed E-state index contributed by atoms with van der Waals surface area (Å²) >= 11 is 0. The maximum absolute atomic E-state index is 12.2. The molecule has 0 saturated carbocycles. The number of aromatic amines is 2. The van der Waals surface area contributed by atoms with Gasteiger partial charge >= 0.3 is 11.7 Å². The summed E-state index contributed by atoms with van der Waals surface area (Å²) in [5.74, 6) is -2.60. The van der Waals surface area contributed by atoms with Gasteiger partial charge in [0, 0.05) is 11.1 Å². The van der Waals surface area contributed by atoms with E-state index >= 15 is 0 Å². The molecule has 0 bridgehead atoms. The molecule has 11 nitrogen and oxygen atoms in total. The minimum absolute atomic E-state index is 0.0411. The Hall–Kier alpha value is -4.28. The highest BCUT2D eigenvalue weighted by molar-refractivity contribution is 6.34. The van der Waals surface area contributed by atoms with Crippen LogP contribution in [0.3, 0.4) is 0 Å². The van der Waals surface area contributed by atoms with Crippen molar-refractivity contribution in [1.29, 1.82) is 0 Å². The molecule has 1 fully saturated rings. The monoisotopic (exact) mass is 397 g/mol. The quantitative estimate of drug-likeness (QED) is 0.327. The van der Waals surface area contributed by atoms with Crippen LogP contribution in [0.2, 0.25) is 0 Å². The van der Waals surface area contributed by atoms with Crippen LogP contribution in [-0.2, 0) is 9.59 Å². The van der Waals surface area contributed by atoms with Crippen molar-refractivity contribution in [3.8, 4) is 5.88 Å². The van der Waals surface area contributed by atoms with Crippen molar-refractivity contribution in [3.63, 3.8) is 0 Å². The molecule has 0 aliphatic carbocycles. The molecular weight excluding hydrogens is 382 g/mol. The van der Waals surface area contributed by atoms with Gasteiger partial charge in [-0.05, 0) is 0 Å². The Morgan fingerprint density at radius 3 is 2.03 bits per heavy atom. The number of imide groups is 2. The summed E-state index contributed by atoms with van der Waals surface area (Å²) in [4.78, 5) is 67.2. The lowest BCUT2D eigenvalue weighted by molar-refractivity contribution is -0.123. The molecule has 29 heavy (non-hydrogen) atoms. The molecule has 0 atom stereocenters. The van der Waals surface area contributed by atoms with Gasteiger partial charge < -0.3 is 5.11 Å². The number of nitrogens with one attached hydrogen (secondary N) is 4. The van der Waals surface area contributed by atoms with Crippen LogP contribution in [0.25, 0.3) is 5.70 Å². The Balaban J connectivity index is 0.00000117. The number of rotatable bonds is 1. The van der Waals surface area contributed by atoms with Gasteiger partial charge in [0.05, 0.1) is 11.4 Å². The van der Waals surface area contributed by atoms with E-state index in [9.17, 15) is 29.1 Å². The van der Waals surface area contributed by atoms with Gasteiger partial charge in [0.25, 0.3) is 17.4 Å². The second-order valence-electron chi connectivity index (χ2n) is 5.60. The van der Waals surface area contributed by atoms with Crippen molar-refractivity contribution >= 4 is 29.3 Å². The number of H-pyrrole nitrogens is 2. The summed E-state index contributed by atoms with van der Waals surface area (Å²) in [6, 6.07) is 5.42. The number of hydrogen-bond acceptors (Lipinski definition) is 7. The minimum atomic E-state index is -0.959. The van der Waals surface area contributed by atoms with Gasteiger partial charge in [0.1, 0.15) is 11.1 Å². The van der Waals surface area contributed by atoms with Crippen molar-refractivity contribution in [2.45, 2.75) is 13.8 Å². The lowest BCUT2D eigenvalue weighted by atomic mass is 9.98. The van der Waals surface area contributed by atoms with Crippen molar-refractivity contribution in [1.82, 2.24) is 20.6 Å². The zero-order valence-electron chi connectivity index (χ0n) is 15.2. The summed E-state index contributed by atoms with van der Waals surface area (Å²) in [5.41, 5.74) is -1.98. The molecule has 3 heterocycles. The maximum atomic E-state index is 12.2. The number of urea groups is 1. The number of benzene rings is 1. The van der Waals surface area contributed by atoms with Crippen LogP contribution in [0, 0.1) is 0 Å². The van der Waals surface area contributed by atoms with Gasteiger partial charge in [0.15, 0.2) is 0 Å². The summed E-state index contributed by atoms with van der Waals surface area (Å²) in [6.45, 7) is 4.00. The van der Waals surface area contributed by atoms with Crippen LogP contribution in [0.15, 0.2) is 44.4 Å². The summed E-state index contributed by atoms with van der Waals surface area (Å²) < 4.78 is 0. The van der Waals surface area contributed by atoms with E-state index < -0.39 is 40.5 Å². The first-order valence-corrected chi connectivity index (χ1v) is 8.52. The van der Waals surface area contributed by atoms with Crippen LogP contribution in [-0.4, -0.2) is 38.6 Å². The molecule has 4 amide bonds. The van der Waals surface area contributed by atoms with E-state index in [4.69, 9.17) is 0 Å². The van der Waals surface area contributed by atoms with Gasteiger partial charge in [-0.25, -0.2) is 14.6 Å². The minimum Gasteiger partial charge on any atom is -0.494 e. The van der Waals surface area contributed by atoms with Gasteiger partial charge in [-0.15, -0.1) is 0 Å². The normalized spacial score (nSPS) is 15.1. The molecular formula is C18H15N5O6. The number of aromatic hydroxyl groups is 1. The lowest BCUT2D eigenvalue weighted by Gasteiger charge is -2.15. The highest BCUT2D eigenvalue weighted by atomic mass is 16.3. The maximum Gasteiger partial charge on any atom is 0.328 e. The van der Waals surface area contributed by atoms with Crippen LogP contribution in [0.1, 0.15) is 30.5 Å². The van der Waals surface area contributed by atoms with E-state index in [0.29, 0.717) is 11.1 Å². The number of carbonyl (C=O) groups excluding carboxylic acids is 3. The molecule has 1 saturated heterocycles. The zero-order valence-corrected chi connectivity index (χ0v) is 15.2. The third-order valence-corrected chi connectivity index (χ3v) is 3.97. The van der Waals surface area contributed by atoms with Crippen molar-refractivity contribution < 1.29 is 19.5 Å². The van der Waals surface area contributed by atoms with Gasteiger partial charge in [-0.3, -0.25) is 35.0 Å². The first kappa shape index (κ1) is 19.5. The molecule has 2 aliphatic heterocycles. The lowest BCUT2D eigenvalue weighted by Crippen LogP contribution is -2.51. The van der Waals surface area contributed by atoms with Crippen molar-refractivity contribution in [3.05, 3.63) is 67.4 Å². The van der Waals surface area contributed by atoms with E-state index in [1.807, 2.05) is 34.4 Å². The molecule has 1 aromatic carbocycles. The third-order valence-electron chi connectivity index (χ3n) is 3.97. The van der Waals surface area contributed by atoms with E-state index in [1.165, 1.54) is 0 Å². The van der Waals surface area contributed by atoms with Crippen LogP contribution in [0.5, 0.6) is 5.88 Å². The average molecular weight is 397 g/mol. The number of aliphatic imine (C=N–C) groups is 1. The van der Waals surface area contributed by atoms with Crippen LogP contribution in [0.4, 0.5) is 4.79 Å². The fourth-order valence-corrected chi connectivity index (χ4v) is 2.88. The third kappa shape index (κ3) is 3.25. The van der Waals surface area contributed by atoms with Crippen LogP contribution >= 0.6 is 0 Å². The van der Waals surface area contributed by atoms with Gasteiger partial charge in [0.2, 0.25) is 5.88 Å². The predicted molar refractivity (Wildman–Crippen MR) is 101 cm³/mol. The van der Waals surface area contributed by atoms with E-state index in [0.717, 1.165) is 0 Å². The number of hydrogen-bond donors (Lipinski definition) is 5. The van der Waals surface area contributed by atoms with E-state index in [2.05, 4.69) is 4.99 Å². The number of fused-ring (bicyclic) bond motifs is 1. The van der Waals surface area contributed by atoms with Gasteiger partial charge in [-0.1, -0.05) is 38.1 Å². The highest BCUT2D eigenvalue weighted by Gasteiger charge is 2.36. The molecule has 0 spiro atoms. The Bertz CT molecular complexity index is 1210. The molecule has 11 heteroatoms. The Labute approximate surface area is 162 Å².